The van der Waals surface area contributed by atoms with Gasteiger partial charge in [0.2, 0.25) is 0 Å². The van der Waals surface area contributed by atoms with Crippen molar-refractivity contribution >= 4 is 19.3 Å². The van der Waals surface area contributed by atoms with Crippen LogP contribution in [0.3, 0.4) is 0 Å². The number of hydrogen-bond acceptors (Lipinski definition) is 4. The van der Waals surface area contributed by atoms with Crippen molar-refractivity contribution in [3.05, 3.63) is 101 Å². The molecule has 0 aromatic heterocycles. The molecule has 6 heteroatoms. The summed E-state index contributed by atoms with van der Waals surface area (Å²) < 4.78 is 18.5. The zero-order valence-electron chi connectivity index (χ0n) is 24.3. The van der Waals surface area contributed by atoms with Crippen LogP contribution in [0, 0.1) is 0 Å². The number of benzene rings is 3. The monoisotopic (exact) mass is 537 g/mol. The van der Waals surface area contributed by atoms with Gasteiger partial charge in [-0.25, -0.2) is 4.79 Å². The molecule has 0 saturated carbocycles. The van der Waals surface area contributed by atoms with Gasteiger partial charge in [-0.1, -0.05) is 92.2 Å². The number of alkyl carbamates (subject to hydrolysis) is 1. The van der Waals surface area contributed by atoms with E-state index >= 15 is 0 Å². The van der Waals surface area contributed by atoms with Gasteiger partial charge in [0.1, 0.15) is 6.61 Å². The molecule has 0 bridgehead atoms. The predicted molar refractivity (Wildman–Crippen MR) is 162 cm³/mol. The molecular formula is C34H40BNO4. The lowest BCUT2D eigenvalue weighted by molar-refractivity contribution is 0.00578. The third-order valence-electron chi connectivity index (χ3n) is 8.49. The maximum Gasteiger partial charge on any atom is 0.492 e. The number of aryl methyl sites for hydroxylation is 1. The van der Waals surface area contributed by atoms with Crippen molar-refractivity contribution in [2.45, 2.75) is 71.0 Å². The molecule has 208 valence electrons. The lowest BCUT2D eigenvalue weighted by Gasteiger charge is -2.32. The van der Waals surface area contributed by atoms with Gasteiger partial charge in [-0.3, -0.25) is 0 Å². The van der Waals surface area contributed by atoms with Crippen molar-refractivity contribution in [3.8, 4) is 11.1 Å². The first kappa shape index (κ1) is 28.2. The Labute approximate surface area is 239 Å². The highest BCUT2D eigenvalue weighted by Gasteiger charge is 2.52. The van der Waals surface area contributed by atoms with Crippen molar-refractivity contribution < 1.29 is 18.8 Å². The van der Waals surface area contributed by atoms with Crippen LogP contribution >= 0.6 is 0 Å². The fourth-order valence-corrected chi connectivity index (χ4v) is 5.40. The second-order valence-electron chi connectivity index (χ2n) is 11.8. The highest BCUT2D eigenvalue weighted by atomic mass is 16.7. The zero-order chi connectivity index (χ0) is 28.3. The Kier molecular flexibility index (Phi) is 8.20. The summed E-state index contributed by atoms with van der Waals surface area (Å²) in [5.74, 6) is 0.0162. The van der Waals surface area contributed by atoms with Crippen LogP contribution in [0.15, 0.2) is 78.3 Å². The minimum absolute atomic E-state index is 0.0162. The van der Waals surface area contributed by atoms with Crippen molar-refractivity contribution in [2.24, 2.45) is 0 Å². The molecule has 0 unspecified atom stereocenters. The van der Waals surface area contributed by atoms with E-state index in [0.717, 1.165) is 17.5 Å². The molecule has 1 N–H and O–H groups in total. The third-order valence-corrected chi connectivity index (χ3v) is 8.49. The first-order chi connectivity index (χ1) is 19.2. The average molecular weight is 538 g/mol. The van der Waals surface area contributed by atoms with Gasteiger partial charge in [0, 0.05) is 12.5 Å². The molecule has 2 aliphatic rings. The van der Waals surface area contributed by atoms with E-state index in [9.17, 15) is 4.79 Å². The number of rotatable bonds is 9. The fraction of sp³-hybridized carbons (Fsp3) is 0.382. The number of ether oxygens (including phenoxy) is 1. The summed E-state index contributed by atoms with van der Waals surface area (Å²) in [6.45, 7) is 10.9. The normalized spacial score (nSPS) is 17.4. The first-order valence-electron chi connectivity index (χ1n) is 14.4. The number of carbonyl (C=O) groups excluding carboxylic acids is 1. The second-order valence-corrected chi connectivity index (χ2v) is 11.8. The van der Waals surface area contributed by atoms with Gasteiger partial charge >= 0.3 is 13.2 Å². The molecule has 1 fully saturated rings. The summed E-state index contributed by atoms with van der Waals surface area (Å²) in [5.41, 5.74) is 7.04. The molecule has 40 heavy (non-hydrogen) atoms. The molecule has 1 aliphatic heterocycles. The molecule has 1 amide bonds. The lowest BCUT2D eigenvalue weighted by Crippen LogP contribution is -2.41. The molecular weight excluding hydrogens is 497 g/mol. The molecule has 1 heterocycles. The van der Waals surface area contributed by atoms with Gasteiger partial charge < -0.3 is 19.4 Å². The number of amides is 1. The standard InChI is InChI=1S/C34H40BNO4/c1-6-7-12-24-17-19-25(20-18-24)21-26(35-39-33(2,3)34(4,5)40-35)22-36-32(37)38-23-31-29-15-10-8-13-27(29)28-14-9-11-16-30(28)31/h8-11,13-21,31H,6-7,12,22-23H2,1-5H3,(H,36,37). The van der Waals surface area contributed by atoms with Crippen LogP contribution < -0.4 is 5.32 Å². The van der Waals surface area contributed by atoms with Crippen LogP contribution in [0.5, 0.6) is 0 Å². The van der Waals surface area contributed by atoms with Crippen LogP contribution in [-0.4, -0.2) is 37.6 Å². The molecule has 3 aromatic carbocycles. The third kappa shape index (κ3) is 5.89. The van der Waals surface area contributed by atoms with E-state index < -0.39 is 24.4 Å². The van der Waals surface area contributed by atoms with Crippen LogP contribution in [0.1, 0.15) is 75.6 Å². The van der Waals surface area contributed by atoms with Crippen LogP contribution in [0.4, 0.5) is 4.79 Å². The summed E-state index contributed by atoms with van der Waals surface area (Å²) in [6.07, 6.45) is 5.02. The van der Waals surface area contributed by atoms with Crippen molar-refractivity contribution in [3.63, 3.8) is 0 Å². The van der Waals surface area contributed by atoms with Crippen LogP contribution in [0.2, 0.25) is 0 Å². The molecule has 1 saturated heterocycles. The zero-order valence-corrected chi connectivity index (χ0v) is 24.3. The summed E-state index contributed by atoms with van der Waals surface area (Å²) >= 11 is 0. The van der Waals surface area contributed by atoms with Gasteiger partial charge in [0.15, 0.2) is 0 Å². The Hall–Kier alpha value is -3.35. The van der Waals surface area contributed by atoms with Gasteiger partial charge in [-0.2, -0.15) is 0 Å². The van der Waals surface area contributed by atoms with Gasteiger partial charge in [0.05, 0.1) is 11.2 Å². The summed E-state index contributed by atoms with van der Waals surface area (Å²) in [6, 6.07) is 25.2. The minimum atomic E-state index is -0.571. The Morgan fingerprint density at radius 2 is 1.48 bits per heavy atom. The van der Waals surface area contributed by atoms with Crippen molar-refractivity contribution in [1.82, 2.24) is 5.32 Å². The summed E-state index contributed by atoms with van der Waals surface area (Å²) in [4.78, 5) is 13.0. The average Bonchev–Trinajstić information content (AvgIpc) is 3.38. The molecule has 3 aromatic rings. The smallest absolute Gasteiger partial charge is 0.449 e. The predicted octanol–water partition coefficient (Wildman–Crippen LogP) is 7.58. The van der Waals surface area contributed by atoms with E-state index in [0.29, 0.717) is 0 Å². The first-order valence-corrected chi connectivity index (χ1v) is 14.4. The lowest BCUT2D eigenvalue weighted by atomic mass is 9.77. The number of carbonyl (C=O) groups is 1. The highest BCUT2D eigenvalue weighted by Crippen LogP contribution is 2.44. The van der Waals surface area contributed by atoms with Gasteiger partial charge in [-0.15, -0.1) is 0 Å². The molecule has 0 atom stereocenters. The Bertz CT molecular complexity index is 1320. The molecule has 5 nitrogen and oxygen atoms in total. The maximum atomic E-state index is 13.0. The van der Waals surface area contributed by atoms with E-state index in [4.69, 9.17) is 14.0 Å². The van der Waals surface area contributed by atoms with E-state index in [-0.39, 0.29) is 19.1 Å². The number of nitrogens with one attached hydrogen (secondary N) is 1. The van der Waals surface area contributed by atoms with E-state index in [2.05, 4.69) is 66.8 Å². The van der Waals surface area contributed by atoms with E-state index in [1.54, 1.807) is 0 Å². The number of hydrogen-bond donors (Lipinski definition) is 1. The molecule has 5 rings (SSSR count). The largest absolute Gasteiger partial charge is 0.492 e. The highest BCUT2D eigenvalue weighted by molar-refractivity contribution is 6.56. The molecule has 0 spiro atoms. The summed E-state index contributed by atoms with van der Waals surface area (Å²) in [5, 5.41) is 2.96. The SMILES string of the molecule is CCCCc1ccc(C=C(CNC(=O)OCC2c3ccccc3-c3ccccc32)B2OC(C)(C)C(C)(C)O2)cc1. The second kappa shape index (κ2) is 11.6. The number of unbranched alkanes of at least 4 members (excludes halogenated alkanes) is 1. The Morgan fingerprint density at radius 3 is 2.05 bits per heavy atom. The van der Waals surface area contributed by atoms with Crippen LogP contribution in [-0.2, 0) is 20.5 Å². The maximum absolute atomic E-state index is 13.0. The Morgan fingerprint density at radius 1 is 0.900 bits per heavy atom. The quantitative estimate of drug-likeness (QED) is 0.286. The van der Waals surface area contributed by atoms with Crippen molar-refractivity contribution in [1.29, 1.82) is 0 Å². The Balaban J connectivity index is 1.28. The van der Waals surface area contributed by atoms with Crippen LogP contribution in [0.25, 0.3) is 17.2 Å². The minimum Gasteiger partial charge on any atom is -0.449 e. The van der Waals surface area contributed by atoms with Gasteiger partial charge in [0.25, 0.3) is 0 Å². The molecule has 1 aliphatic carbocycles. The topological polar surface area (TPSA) is 56.8 Å². The van der Waals surface area contributed by atoms with E-state index in [1.807, 2.05) is 52.0 Å². The van der Waals surface area contributed by atoms with E-state index in [1.165, 1.54) is 40.7 Å². The fourth-order valence-electron chi connectivity index (χ4n) is 5.40. The number of fused-ring (bicyclic) bond motifs is 3. The van der Waals surface area contributed by atoms with Gasteiger partial charge in [-0.05, 0) is 79.4 Å². The summed E-state index contributed by atoms with van der Waals surface area (Å²) in [7, 11) is -0.571. The molecule has 0 radical (unpaired) electrons. The van der Waals surface area contributed by atoms with Crippen molar-refractivity contribution in [2.75, 3.05) is 13.2 Å².